The Morgan fingerprint density at radius 1 is 1.30 bits per heavy atom. The standard InChI is InChI=1S/C10H9F3N2O5/c11-10(12,13)5-14-9(18)15-7(16)4-20-8(17)6-1-2-19-3-6/h1-3H,4-5H2,(H2,14,15,16,18). The van der Waals surface area contributed by atoms with Crippen molar-refractivity contribution in [3.63, 3.8) is 0 Å². The van der Waals surface area contributed by atoms with E-state index in [4.69, 9.17) is 0 Å². The van der Waals surface area contributed by atoms with Crippen LogP contribution in [-0.2, 0) is 9.53 Å². The second kappa shape index (κ2) is 6.59. The van der Waals surface area contributed by atoms with Gasteiger partial charge in [0.2, 0.25) is 0 Å². The van der Waals surface area contributed by atoms with E-state index in [9.17, 15) is 27.6 Å². The van der Waals surface area contributed by atoms with E-state index in [0.29, 0.717) is 0 Å². The van der Waals surface area contributed by atoms with Gasteiger partial charge in [-0.05, 0) is 6.07 Å². The van der Waals surface area contributed by atoms with Crippen molar-refractivity contribution < 1.29 is 36.7 Å². The number of hydrogen-bond donors (Lipinski definition) is 2. The Labute approximate surface area is 110 Å². The molecule has 3 amide bonds. The lowest BCUT2D eigenvalue weighted by Gasteiger charge is -2.09. The number of furan rings is 1. The Hall–Kier alpha value is -2.52. The SMILES string of the molecule is O=C(COC(=O)c1ccoc1)NC(=O)NCC(F)(F)F. The number of ether oxygens (including phenoxy) is 1. The number of imide groups is 1. The van der Waals surface area contributed by atoms with Gasteiger partial charge in [-0.1, -0.05) is 0 Å². The number of rotatable bonds is 4. The van der Waals surface area contributed by atoms with Crippen molar-refractivity contribution in [3.05, 3.63) is 24.2 Å². The van der Waals surface area contributed by atoms with E-state index in [1.807, 2.05) is 0 Å². The maximum atomic E-state index is 11.8. The van der Waals surface area contributed by atoms with Crippen LogP contribution >= 0.6 is 0 Å². The first-order valence-corrected chi connectivity index (χ1v) is 5.11. The number of carbonyl (C=O) groups excluding carboxylic acids is 3. The Morgan fingerprint density at radius 3 is 2.55 bits per heavy atom. The van der Waals surface area contributed by atoms with Gasteiger partial charge < -0.3 is 14.5 Å². The molecule has 0 fully saturated rings. The highest BCUT2D eigenvalue weighted by Crippen LogP contribution is 2.11. The second-order valence-corrected chi connectivity index (χ2v) is 3.43. The first-order valence-electron chi connectivity index (χ1n) is 5.11. The third-order valence-electron chi connectivity index (χ3n) is 1.79. The molecule has 110 valence electrons. The molecule has 0 saturated carbocycles. The van der Waals surface area contributed by atoms with E-state index >= 15 is 0 Å². The van der Waals surface area contributed by atoms with Gasteiger partial charge in [0.1, 0.15) is 12.8 Å². The minimum absolute atomic E-state index is 0.0549. The second-order valence-electron chi connectivity index (χ2n) is 3.43. The summed E-state index contributed by atoms with van der Waals surface area (Å²) in [4.78, 5) is 33.2. The number of alkyl halides is 3. The third-order valence-corrected chi connectivity index (χ3v) is 1.79. The smallest absolute Gasteiger partial charge is 0.405 e. The Bertz CT molecular complexity index is 484. The van der Waals surface area contributed by atoms with Crippen LogP contribution in [0.4, 0.5) is 18.0 Å². The monoisotopic (exact) mass is 294 g/mol. The predicted molar refractivity (Wildman–Crippen MR) is 56.6 cm³/mol. The summed E-state index contributed by atoms with van der Waals surface area (Å²) in [5, 5.41) is 2.98. The predicted octanol–water partition coefficient (Wildman–Crippen LogP) is 0.825. The quantitative estimate of drug-likeness (QED) is 0.801. The van der Waals surface area contributed by atoms with Crippen LogP contribution in [0.2, 0.25) is 0 Å². The Balaban J connectivity index is 2.26. The Kier molecular flexibility index (Phi) is 5.12. The van der Waals surface area contributed by atoms with Crippen LogP contribution in [0.5, 0.6) is 0 Å². The highest BCUT2D eigenvalue weighted by molar-refractivity contribution is 5.96. The highest BCUT2D eigenvalue weighted by Gasteiger charge is 2.28. The molecule has 10 heteroatoms. The molecule has 20 heavy (non-hydrogen) atoms. The number of hydrogen-bond acceptors (Lipinski definition) is 5. The molecular formula is C10H9F3N2O5. The van der Waals surface area contributed by atoms with Gasteiger partial charge in [0.15, 0.2) is 6.61 Å². The summed E-state index contributed by atoms with van der Waals surface area (Å²) in [6, 6.07) is -0.0531. The summed E-state index contributed by atoms with van der Waals surface area (Å²) >= 11 is 0. The molecule has 0 spiro atoms. The van der Waals surface area contributed by atoms with Gasteiger partial charge >= 0.3 is 18.2 Å². The van der Waals surface area contributed by atoms with Crippen LogP contribution in [0.25, 0.3) is 0 Å². The molecule has 0 bridgehead atoms. The summed E-state index contributed by atoms with van der Waals surface area (Å²) in [5.74, 6) is -1.94. The minimum atomic E-state index is -4.59. The lowest BCUT2D eigenvalue weighted by molar-refractivity contribution is -0.125. The number of amides is 3. The molecule has 0 aliphatic carbocycles. The van der Waals surface area contributed by atoms with Crippen molar-refractivity contribution in [1.29, 1.82) is 0 Å². The lowest BCUT2D eigenvalue weighted by Crippen LogP contribution is -2.44. The summed E-state index contributed by atoms with van der Waals surface area (Å²) < 4.78 is 44.4. The molecule has 0 unspecified atom stereocenters. The fraction of sp³-hybridized carbons (Fsp3) is 0.300. The number of esters is 1. The molecule has 0 aliphatic rings. The van der Waals surface area contributed by atoms with E-state index in [-0.39, 0.29) is 5.56 Å². The van der Waals surface area contributed by atoms with Gasteiger partial charge in [-0.2, -0.15) is 13.2 Å². The molecule has 0 aliphatic heterocycles. The largest absolute Gasteiger partial charge is 0.472 e. The van der Waals surface area contributed by atoms with Crippen molar-refractivity contribution in [1.82, 2.24) is 10.6 Å². The number of nitrogens with one attached hydrogen (secondary N) is 2. The van der Waals surface area contributed by atoms with Crippen molar-refractivity contribution in [3.8, 4) is 0 Å². The van der Waals surface area contributed by atoms with Crippen LogP contribution in [0.3, 0.4) is 0 Å². The third kappa shape index (κ3) is 5.89. The topological polar surface area (TPSA) is 97.6 Å². The molecule has 7 nitrogen and oxygen atoms in total. The van der Waals surface area contributed by atoms with Gasteiger partial charge in [-0.25, -0.2) is 9.59 Å². The van der Waals surface area contributed by atoms with Crippen LogP contribution in [0.1, 0.15) is 10.4 Å². The van der Waals surface area contributed by atoms with Gasteiger partial charge in [0.25, 0.3) is 5.91 Å². The van der Waals surface area contributed by atoms with E-state index in [1.165, 1.54) is 17.6 Å². The number of urea groups is 1. The molecule has 1 aromatic rings. The lowest BCUT2D eigenvalue weighted by atomic mass is 10.3. The van der Waals surface area contributed by atoms with Gasteiger partial charge in [0, 0.05) is 0 Å². The molecule has 1 rings (SSSR count). The van der Waals surface area contributed by atoms with E-state index < -0.39 is 37.2 Å². The summed E-state index contributed by atoms with van der Waals surface area (Å²) in [7, 11) is 0. The average Bonchev–Trinajstić information content (AvgIpc) is 2.86. The van der Waals surface area contributed by atoms with E-state index in [1.54, 1.807) is 5.32 Å². The average molecular weight is 294 g/mol. The van der Waals surface area contributed by atoms with Crippen molar-refractivity contribution in [2.45, 2.75) is 6.18 Å². The van der Waals surface area contributed by atoms with Crippen LogP contribution in [0.15, 0.2) is 23.0 Å². The molecule has 1 heterocycles. The van der Waals surface area contributed by atoms with Gasteiger partial charge in [0.05, 0.1) is 11.8 Å². The fourth-order valence-electron chi connectivity index (χ4n) is 0.982. The molecule has 2 N–H and O–H groups in total. The maximum Gasteiger partial charge on any atom is 0.405 e. The molecule has 0 radical (unpaired) electrons. The Morgan fingerprint density at radius 2 is 2.00 bits per heavy atom. The fourth-order valence-corrected chi connectivity index (χ4v) is 0.982. The van der Waals surface area contributed by atoms with Gasteiger partial charge in [-0.15, -0.1) is 0 Å². The summed E-state index contributed by atoms with van der Waals surface area (Å²) in [6.07, 6.45) is -2.30. The van der Waals surface area contributed by atoms with Crippen LogP contribution in [0, 0.1) is 0 Å². The molecule has 1 aromatic heterocycles. The molecular weight excluding hydrogens is 285 g/mol. The number of halogens is 3. The van der Waals surface area contributed by atoms with E-state index in [2.05, 4.69) is 9.15 Å². The number of carbonyl (C=O) groups is 3. The minimum Gasteiger partial charge on any atom is -0.472 e. The van der Waals surface area contributed by atoms with Crippen molar-refractivity contribution in [2.75, 3.05) is 13.2 Å². The first kappa shape index (κ1) is 15.5. The highest BCUT2D eigenvalue weighted by atomic mass is 19.4. The van der Waals surface area contributed by atoms with Crippen molar-refractivity contribution >= 4 is 17.9 Å². The van der Waals surface area contributed by atoms with E-state index in [0.717, 1.165) is 6.26 Å². The zero-order chi connectivity index (χ0) is 15.2. The summed E-state index contributed by atoms with van der Waals surface area (Å²) in [5.41, 5.74) is 0.0549. The molecule has 0 aromatic carbocycles. The normalized spacial score (nSPS) is 10.8. The molecule has 0 saturated heterocycles. The van der Waals surface area contributed by atoms with Crippen LogP contribution in [-0.4, -0.2) is 37.2 Å². The first-order chi connectivity index (χ1) is 9.28. The maximum absolute atomic E-state index is 11.8. The van der Waals surface area contributed by atoms with Crippen molar-refractivity contribution in [2.24, 2.45) is 0 Å². The summed E-state index contributed by atoms with van der Waals surface area (Å²) in [6.45, 7) is -2.40. The molecule has 0 atom stereocenters. The zero-order valence-corrected chi connectivity index (χ0v) is 9.82. The van der Waals surface area contributed by atoms with Crippen LogP contribution < -0.4 is 10.6 Å². The zero-order valence-electron chi connectivity index (χ0n) is 9.82. The van der Waals surface area contributed by atoms with Gasteiger partial charge in [-0.3, -0.25) is 10.1 Å².